The monoisotopic (exact) mass is 287 g/mol. The Labute approximate surface area is 122 Å². The van der Waals surface area contributed by atoms with E-state index in [-0.39, 0.29) is 11.3 Å². The molecule has 0 radical (unpaired) electrons. The van der Waals surface area contributed by atoms with Gasteiger partial charge in [-0.05, 0) is 30.7 Å². The van der Waals surface area contributed by atoms with Crippen LogP contribution < -0.4 is 10.6 Å². The highest BCUT2D eigenvalue weighted by Crippen LogP contribution is 2.20. The minimum absolute atomic E-state index is 0.0266. The van der Waals surface area contributed by atoms with Crippen molar-refractivity contribution in [1.29, 1.82) is 5.26 Å². The molecule has 0 saturated heterocycles. The van der Waals surface area contributed by atoms with Gasteiger partial charge in [-0.15, -0.1) is 0 Å². The first-order valence-corrected chi connectivity index (χ1v) is 6.62. The van der Waals surface area contributed by atoms with Crippen molar-refractivity contribution in [2.24, 2.45) is 0 Å². The Morgan fingerprint density at radius 2 is 1.57 bits per heavy atom. The highest BCUT2D eigenvalue weighted by Gasteiger charge is 2.10. The molecule has 0 aliphatic heterocycles. The lowest BCUT2D eigenvalue weighted by Crippen LogP contribution is -2.11. The first kappa shape index (κ1) is 14.8. The third-order valence-electron chi connectivity index (χ3n) is 2.93. The molecule has 0 amide bonds. The fourth-order valence-electron chi connectivity index (χ4n) is 1.90. The minimum Gasteiger partial charge on any atom is -0.385 e. The topological polar surface area (TPSA) is 47.9 Å². The van der Waals surface area contributed by atoms with E-state index in [4.69, 9.17) is 5.26 Å². The summed E-state index contributed by atoms with van der Waals surface area (Å²) >= 11 is 0. The van der Waals surface area contributed by atoms with Gasteiger partial charge in [0, 0.05) is 18.8 Å². The predicted octanol–water partition coefficient (Wildman–Crippen LogP) is 3.75. The van der Waals surface area contributed by atoms with Gasteiger partial charge >= 0.3 is 0 Å². The highest BCUT2D eigenvalue weighted by atomic mass is 19.1. The summed E-state index contributed by atoms with van der Waals surface area (Å²) in [4.78, 5) is 0. The Hall–Kier alpha value is -2.61. The van der Waals surface area contributed by atoms with Crippen LogP contribution in [-0.4, -0.2) is 13.1 Å². The number of hydrogen-bond acceptors (Lipinski definition) is 3. The summed E-state index contributed by atoms with van der Waals surface area (Å²) in [5.74, 6) is -1.50. The van der Waals surface area contributed by atoms with E-state index in [1.165, 1.54) is 0 Å². The number of hydrogen-bond donors (Lipinski definition) is 2. The van der Waals surface area contributed by atoms with Gasteiger partial charge in [-0.3, -0.25) is 0 Å². The molecule has 2 rings (SSSR count). The molecule has 0 heterocycles. The van der Waals surface area contributed by atoms with Crippen LogP contribution in [0.25, 0.3) is 0 Å². The van der Waals surface area contributed by atoms with Crippen molar-refractivity contribution >= 4 is 11.4 Å². The molecule has 0 bridgehead atoms. The van der Waals surface area contributed by atoms with Crippen LogP contribution in [0.15, 0.2) is 42.5 Å². The van der Waals surface area contributed by atoms with E-state index >= 15 is 0 Å². The second kappa shape index (κ2) is 7.25. The largest absolute Gasteiger partial charge is 0.385 e. The average Bonchev–Trinajstić information content (AvgIpc) is 2.50. The summed E-state index contributed by atoms with van der Waals surface area (Å²) in [6.07, 6.45) is 0.702. The van der Waals surface area contributed by atoms with E-state index < -0.39 is 11.6 Å². The second-order valence-corrected chi connectivity index (χ2v) is 4.50. The van der Waals surface area contributed by atoms with Crippen molar-refractivity contribution in [3.8, 4) is 6.07 Å². The molecule has 0 spiro atoms. The van der Waals surface area contributed by atoms with E-state index in [1.54, 1.807) is 6.07 Å². The van der Waals surface area contributed by atoms with Crippen LogP contribution in [0.5, 0.6) is 0 Å². The third kappa shape index (κ3) is 4.18. The van der Waals surface area contributed by atoms with Crippen molar-refractivity contribution in [2.75, 3.05) is 23.7 Å². The summed E-state index contributed by atoms with van der Waals surface area (Å²) in [5.41, 5.74) is 0.795. The van der Waals surface area contributed by atoms with E-state index in [1.807, 2.05) is 30.3 Å². The lowest BCUT2D eigenvalue weighted by molar-refractivity contribution is 0.587. The second-order valence-electron chi connectivity index (χ2n) is 4.50. The Morgan fingerprint density at radius 1 is 0.952 bits per heavy atom. The van der Waals surface area contributed by atoms with Crippen molar-refractivity contribution in [1.82, 2.24) is 0 Å². The lowest BCUT2D eigenvalue weighted by Gasteiger charge is -2.10. The molecule has 0 atom stereocenters. The van der Waals surface area contributed by atoms with Crippen LogP contribution in [0.1, 0.15) is 12.0 Å². The van der Waals surface area contributed by atoms with Crippen LogP contribution in [0.3, 0.4) is 0 Å². The average molecular weight is 287 g/mol. The minimum atomic E-state index is -0.748. The smallest absolute Gasteiger partial charge is 0.150 e. The molecule has 2 aromatic carbocycles. The summed E-state index contributed by atoms with van der Waals surface area (Å²) in [5, 5.41) is 14.5. The maximum Gasteiger partial charge on any atom is 0.150 e. The van der Waals surface area contributed by atoms with Crippen LogP contribution in [0.2, 0.25) is 0 Å². The molecule has 2 aromatic rings. The van der Waals surface area contributed by atoms with Gasteiger partial charge in [0.2, 0.25) is 0 Å². The lowest BCUT2D eigenvalue weighted by atomic mass is 10.2. The van der Waals surface area contributed by atoms with Gasteiger partial charge < -0.3 is 10.6 Å². The van der Waals surface area contributed by atoms with Crippen molar-refractivity contribution in [3.05, 3.63) is 59.7 Å². The molecule has 0 aromatic heterocycles. The van der Waals surface area contributed by atoms with Crippen molar-refractivity contribution < 1.29 is 8.78 Å². The molecule has 21 heavy (non-hydrogen) atoms. The fraction of sp³-hybridized carbons (Fsp3) is 0.188. The molecule has 0 unspecified atom stereocenters. The summed E-state index contributed by atoms with van der Waals surface area (Å²) < 4.78 is 27.2. The molecular weight excluding hydrogens is 272 g/mol. The number of nitriles is 1. The summed E-state index contributed by atoms with van der Waals surface area (Å²) in [6.45, 7) is 1.12. The zero-order valence-corrected chi connectivity index (χ0v) is 11.4. The number of nitrogens with one attached hydrogen (secondary N) is 2. The Kier molecular flexibility index (Phi) is 5.10. The van der Waals surface area contributed by atoms with Crippen molar-refractivity contribution in [2.45, 2.75) is 6.42 Å². The standard InChI is InChI=1S/C16H15F2N3/c17-14-9-12(11-19)10-15(18)16(14)21-8-4-7-20-13-5-2-1-3-6-13/h1-3,5-6,9-10,20-21H,4,7-8H2. The molecule has 108 valence electrons. The molecule has 5 heteroatoms. The molecule has 2 N–H and O–H groups in total. The number of benzene rings is 2. The fourth-order valence-corrected chi connectivity index (χ4v) is 1.90. The van der Waals surface area contributed by atoms with Gasteiger partial charge in [0.15, 0.2) is 11.6 Å². The first-order valence-electron chi connectivity index (χ1n) is 6.62. The quantitative estimate of drug-likeness (QED) is 0.795. The SMILES string of the molecule is N#Cc1cc(F)c(NCCCNc2ccccc2)c(F)c1. The van der Waals surface area contributed by atoms with Crippen LogP contribution in [0.4, 0.5) is 20.2 Å². The van der Waals surface area contributed by atoms with E-state index in [9.17, 15) is 8.78 Å². The maximum absolute atomic E-state index is 13.6. The van der Waals surface area contributed by atoms with E-state index in [0.717, 1.165) is 17.8 Å². The first-order chi connectivity index (χ1) is 10.2. The van der Waals surface area contributed by atoms with Crippen LogP contribution in [0, 0.1) is 23.0 Å². The van der Waals surface area contributed by atoms with E-state index in [2.05, 4.69) is 10.6 Å². The maximum atomic E-state index is 13.6. The number of anilines is 2. The van der Waals surface area contributed by atoms with E-state index in [0.29, 0.717) is 19.5 Å². The number of para-hydroxylation sites is 1. The summed E-state index contributed by atoms with van der Waals surface area (Å²) in [7, 11) is 0. The molecule has 0 aliphatic carbocycles. The van der Waals surface area contributed by atoms with Gasteiger partial charge in [-0.2, -0.15) is 5.26 Å². The Balaban J connectivity index is 1.80. The van der Waals surface area contributed by atoms with Gasteiger partial charge in [0.1, 0.15) is 5.69 Å². The molecule has 0 saturated carbocycles. The van der Waals surface area contributed by atoms with Gasteiger partial charge in [-0.25, -0.2) is 8.78 Å². The molecule has 0 fully saturated rings. The zero-order chi connectivity index (χ0) is 15.1. The Bertz CT molecular complexity index is 613. The zero-order valence-electron chi connectivity index (χ0n) is 11.4. The van der Waals surface area contributed by atoms with Crippen LogP contribution in [-0.2, 0) is 0 Å². The highest BCUT2D eigenvalue weighted by molar-refractivity contribution is 5.50. The predicted molar refractivity (Wildman–Crippen MR) is 79.1 cm³/mol. The van der Waals surface area contributed by atoms with Gasteiger partial charge in [-0.1, -0.05) is 18.2 Å². The number of nitrogens with zero attached hydrogens (tertiary/aromatic N) is 1. The Morgan fingerprint density at radius 3 is 2.19 bits per heavy atom. The number of rotatable bonds is 6. The van der Waals surface area contributed by atoms with Crippen LogP contribution >= 0.6 is 0 Å². The molecule has 0 aliphatic rings. The molecule has 3 nitrogen and oxygen atoms in total. The van der Waals surface area contributed by atoms with Gasteiger partial charge in [0.05, 0.1) is 11.6 Å². The normalized spacial score (nSPS) is 9.95. The molecular formula is C16H15F2N3. The third-order valence-corrected chi connectivity index (χ3v) is 2.93. The number of halogens is 2. The van der Waals surface area contributed by atoms with Gasteiger partial charge in [0.25, 0.3) is 0 Å². The summed E-state index contributed by atoms with van der Waals surface area (Å²) in [6, 6.07) is 13.5. The van der Waals surface area contributed by atoms with Crippen molar-refractivity contribution in [3.63, 3.8) is 0 Å².